The van der Waals surface area contributed by atoms with Crippen LogP contribution in [0.4, 0.5) is 0 Å². The second-order valence-corrected chi connectivity index (χ2v) is 2.94. The number of nitrogens with zero attached hydrogens (tertiary/aromatic N) is 1. The van der Waals surface area contributed by atoms with Gasteiger partial charge < -0.3 is 4.90 Å². The predicted octanol–water partition coefficient (Wildman–Crippen LogP) is 0.916. The maximum absolute atomic E-state index is 2.54. The Kier molecular flexibility index (Phi) is 1.04. The summed E-state index contributed by atoms with van der Waals surface area (Å²) < 4.78 is 0. The van der Waals surface area contributed by atoms with Gasteiger partial charge in [0.2, 0.25) is 0 Å². The highest BCUT2D eigenvalue weighted by Crippen LogP contribution is 2.25. The van der Waals surface area contributed by atoms with Crippen molar-refractivity contribution in [2.45, 2.75) is 12.8 Å². The maximum Gasteiger partial charge on any atom is 0.00130 e. The molecule has 2 fully saturated rings. The lowest BCUT2D eigenvalue weighted by Crippen LogP contribution is -2.26. The van der Waals surface area contributed by atoms with Gasteiger partial charge in [-0.15, -0.1) is 0 Å². The molecule has 1 radical (unpaired) electrons. The fraction of sp³-hybridized carbons (Fsp3) is 0.857. The van der Waals surface area contributed by atoms with Crippen LogP contribution in [-0.2, 0) is 0 Å². The molecule has 2 aliphatic heterocycles. The minimum Gasteiger partial charge on any atom is -0.303 e. The van der Waals surface area contributed by atoms with Crippen LogP contribution in [0.5, 0.6) is 0 Å². The third kappa shape index (κ3) is 0.655. The summed E-state index contributed by atoms with van der Waals surface area (Å²) in [6, 6.07) is 0. The minimum atomic E-state index is 1.03. The smallest absolute Gasteiger partial charge is 0.00130 e. The number of hydrogen-bond donors (Lipinski definition) is 0. The van der Waals surface area contributed by atoms with Crippen LogP contribution in [0.2, 0.25) is 0 Å². The fourth-order valence-corrected chi connectivity index (χ4v) is 1.76. The summed E-state index contributed by atoms with van der Waals surface area (Å²) in [5, 5.41) is 0. The number of fused-ring (bicyclic) bond motifs is 2. The average molecular weight is 110 g/mol. The second-order valence-electron chi connectivity index (χ2n) is 2.94. The maximum atomic E-state index is 2.54. The van der Waals surface area contributed by atoms with Crippen molar-refractivity contribution < 1.29 is 0 Å². The van der Waals surface area contributed by atoms with Gasteiger partial charge in [0, 0.05) is 13.1 Å². The largest absolute Gasteiger partial charge is 0.303 e. The minimum absolute atomic E-state index is 1.03. The van der Waals surface area contributed by atoms with E-state index < -0.39 is 0 Å². The van der Waals surface area contributed by atoms with E-state index in [9.17, 15) is 0 Å². The molecule has 1 heteroatoms. The predicted molar refractivity (Wildman–Crippen MR) is 33.5 cm³/mol. The summed E-state index contributed by atoms with van der Waals surface area (Å²) in [7, 11) is 0. The second kappa shape index (κ2) is 1.73. The van der Waals surface area contributed by atoms with Gasteiger partial charge in [-0.3, -0.25) is 0 Å². The molecule has 0 aromatic heterocycles. The van der Waals surface area contributed by atoms with Gasteiger partial charge in [-0.05, 0) is 31.7 Å². The molecule has 0 spiro atoms. The summed E-state index contributed by atoms with van der Waals surface area (Å²) in [6.07, 6.45) is 5.26. The van der Waals surface area contributed by atoms with Crippen LogP contribution in [0.1, 0.15) is 12.8 Å². The van der Waals surface area contributed by atoms with E-state index in [1.54, 1.807) is 0 Å². The Balaban J connectivity index is 2.03. The summed E-state index contributed by atoms with van der Waals surface area (Å²) in [4.78, 5) is 2.54. The molecule has 1 unspecified atom stereocenters. The van der Waals surface area contributed by atoms with Crippen molar-refractivity contribution in [2.75, 3.05) is 19.6 Å². The molecule has 0 amide bonds. The summed E-state index contributed by atoms with van der Waals surface area (Å²) in [5.74, 6) is 1.03. The zero-order valence-corrected chi connectivity index (χ0v) is 5.14. The molecule has 2 heterocycles. The van der Waals surface area contributed by atoms with Crippen molar-refractivity contribution in [2.24, 2.45) is 5.92 Å². The number of rotatable bonds is 0. The molecule has 45 valence electrons. The quantitative estimate of drug-likeness (QED) is 0.448. The Hall–Kier alpha value is -0.0400. The van der Waals surface area contributed by atoms with E-state index in [4.69, 9.17) is 0 Å². The highest BCUT2D eigenvalue weighted by atomic mass is 15.1. The molecule has 8 heavy (non-hydrogen) atoms. The van der Waals surface area contributed by atoms with Crippen molar-refractivity contribution in [3.63, 3.8) is 0 Å². The van der Waals surface area contributed by atoms with Gasteiger partial charge in [0.15, 0.2) is 0 Å². The summed E-state index contributed by atoms with van der Waals surface area (Å²) in [6.45, 7) is 4.01. The van der Waals surface area contributed by atoms with Crippen LogP contribution in [0.25, 0.3) is 0 Å². The van der Waals surface area contributed by atoms with Crippen molar-refractivity contribution in [1.82, 2.24) is 4.90 Å². The molecule has 0 aromatic rings. The molecule has 2 rings (SSSR count). The van der Waals surface area contributed by atoms with Crippen molar-refractivity contribution in [3.8, 4) is 0 Å². The van der Waals surface area contributed by atoms with Crippen molar-refractivity contribution in [3.05, 3.63) is 6.42 Å². The van der Waals surface area contributed by atoms with Gasteiger partial charge in [-0.25, -0.2) is 0 Å². The standard InChI is InChI=1S/C7H12N/c1-2-7-3-5-8(4-1)6-7/h1,7H,2-6H2. The average Bonchev–Trinajstić information content (AvgIpc) is 2.12. The first-order valence-corrected chi connectivity index (χ1v) is 3.49. The third-order valence-corrected chi connectivity index (χ3v) is 2.26. The lowest BCUT2D eigenvalue weighted by atomic mass is 10.0. The Morgan fingerprint density at radius 1 is 1.50 bits per heavy atom. The van der Waals surface area contributed by atoms with Crippen LogP contribution < -0.4 is 0 Å². The van der Waals surface area contributed by atoms with Crippen LogP contribution in [0.3, 0.4) is 0 Å². The van der Waals surface area contributed by atoms with Gasteiger partial charge >= 0.3 is 0 Å². The van der Waals surface area contributed by atoms with Gasteiger partial charge in [0.05, 0.1) is 0 Å². The molecule has 2 aliphatic rings. The van der Waals surface area contributed by atoms with Crippen LogP contribution >= 0.6 is 0 Å². The van der Waals surface area contributed by atoms with Crippen LogP contribution in [0, 0.1) is 12.3 Å². The lowest BCUT2D eigenvalue weighted by molar-refractivity contribution is 0.313. The summed E-state index contributed by atoms with van der Waals surface area (Å²) >= 11 is 0. The van der Waals surface area contributed by atoms with E-state index in [1.165, 1.54) is 32.5 Å². The Morgan fingerprint density at radius 3 is 3.25 bits per heavy atom. The monoisotopic (exact) mass is 110 g/mol. The highest BCUT2D eigenvalue weighted by molar-refractivity contribution is 4.88. The molecular formula is C7H12N. The molecule has 0 aromatic carbocycles. The van der Waals surface area contributed by atoms with E-state index in [1.807, 2.05) is 0 Å². The van der Waals surface area contributed by atoms with E-state index in [0.717, 1.165) is 5.92 Å². The first-order chi connectivity index (χ1) is 3.95. The molecule has 2 saturated heterocycles. The van der Waals surface area contributed by atoms with Crippen molar-refractivity contribution >= 4 is 0 Å². The fourth-order valence-electron chi connectivity index (χ4n) is 1.76. The molecule has 2 bridgehead atoms. The molecular weight excluding hydrogens is 98.1 g/mol. The van der Waals surface area contributed by atoms with Crippen molar-refractivity contribution in [1.29, 1.82) is 0 Å². The Bertz CT molecular complexity index is 76.4. The van der Waals surface area contributed by atoms with Gasteiger partial charge in [0.1, 0.15) is 0 Å². The Labute approximate surface area is 50.7 Å². The molecule has 0 aliphatic carbocycles. The van der Waals surface area contributed by atoms with Crippen LogP contribution in [0.15, 0.2) is 0 Å². The van der Waals surface area contributed by atoms with Gasteiger partial charge in [-0.1, -0.05) is 0 Å². The van der Waals surface area contributed by atoms with E-state index >= 15 is 0 Å². The summed E-state index contributed by atoms with van der Waals surface area (Å²) in [5.41, 5.74) is 0. The third-order valence-electron chi connectivity index (χ3n) is 2.26. The lowest BCUT2D eigenvalue weighted by Gasteiger charge is -2.20. The van der Waals surface area contributed by atoms with E-state index in [0.29, 0.717) is 0 Å². The number of piperidine rings is 1. The Morgan fingerprint density at radius 2 is 2.50 bits per heavy atom. The number of hydrogen-bond acceptors (Lipinski definition) is 1. The van der Waals surface area contributed by atoms with Gasteiger partial charge in [-0.2, -0.15) is 0 Å². The molecule has 0 N–H and O–H groups in total. The first kappa shape index (κ1) is 4.80. The first-order valence-electron chi connectivity index (χ1n) is 3.49. The van der Waals surface area contributed by atoms with Gasteiger partial charge in [0.25, 0.3) is 0 Å². The molecule has 1 nitrogen and oxygen atoms in total. The van der Waals surface area contributed by atoms with E-state index in [-0.39, 0.29) is 0 Å². The SMILES string of the molecule is [CH]1CC2CC[N@](C1)C2. The molecule has 0 saturated carbocycles. The zero-order valence-electron chi connectivity index (χ0n) is 5.14. The molecule has 2 atom stereocenters. The van der Waals surface area contributed by atoms with E-state index in [2.05, 4.69) is 11.3 Å². The van der Waals surface area contributed by atoms with Crippen LogP contribution in [-0.4, -0.2) is 24.5 Å². The topological polar surface area (TPSA) is 3.24 Å². The normalized spacial score (nSPS) is 45.0. The zero-order chi connectivity index (χ0) is 5.40. The highest BCUT2D eigenvalue weighted by Gasteiger charge is 2.25.